The molecular weight excluding hydrogens is 430 g/mol. The highest BCUT2D eigenvalue weighted by Gasteiger charge is 2.39. The van der Waals surface area contributed by atoms with Crippen molar-refractivity contribution >= 4 is 45.9 Å². The Labute approximate surface area is 183 Å². The van der Waals surface area contributed by atoms with Gasteiger partial charge in [0.15, 0.2) is 0 Å². The molecule has 3 saturated heterocycles. The van der Waals surface area contributed by atoms with E-state index in [-0.39, 0.29) is 33.5 Å². The van der Waals surface area contributed by atoms with Crippen molar-refractivity contribution in [1.29, 1.82) is 0 Å². The molecule has 9 heteroatoms. The molecule has 1 aromatic heterocycles. The molecule has 5 rings (SSSR count). The summed E-state index contributed by atoms with van der Waals surface area (Å²) < 4.78 is 13.8. The van der Waals surface area contributed by atoms with Crippen molar-refractivity contribution in [3.8, 4) is 0 Å². The summed E-state index contributed by atoms with van der Waals surface area (Å²) in [5.41, 5.74) is 0.696. The first-order valence-electron chi connectivity index (χ1n) is 10.4. The zero-order chi connectivity index (χ0) is 21.0. The summed E-state index contributed by atoms with van der Waals surface area (Å²) in [5, 5.41) is 0.321. The van der Waals surface area contributed by atoms with Gasteiger partial charge in [0.25, 0.3) is 5.91 Å². The van der Waals surface area contributed by atoms with Crippen LogP contribution in [0.3, 0.4) is 0 Å². The molecular formula is C21H23Cl2FN4O2. The largest absolute Gasteiger partial charge is 0.349 e. The fraction of sp³-hybridized carbons (Fsp3) is 0.524. The Kier molecular flexibility index (Phi) is 5.16. The lowest BCUT2D eigenvalue weighted by molar-refractivity contribution is -0.134. The molecule has 0 radical (unpaired) electrons. The molecule has 3 aliphatic rings. The summed E-state index contributed by atoms with van der Waals surface area (Å²) in [4.78, 5) is 35.1. The van der Waals surface area contributed by atoms with Crippen molar-refractivity contribution in [2.24, 2.45) is 5.92 Å². The number of amides is 2. The van der Waals surface area contributed by atoms with Gasteiger partial charge in [-0.25, -0.2) is 4.39 Å². The minimum Gasteiger partial charge on any atom is -0.349 e. The zero-order valence-corrected chi connectivity index (χ0v) is 18.0. The maximum atomic E-state index is 13.8. The molecule has 1 unspecified atom stereocenters. The first kappa shape index (κ1) is 20.1. The van der Waals surface area contributed by atoms with Gasteiger partial charge in [0.2, 0.25) is 5.91 Å². The van der Waals surface area contributed by atoms with Crippen LogP contribution in [0.2, 0.25) is 10.0 Å². The predicted octanol–water partition coefficient (Wildman–Crippen LogP) is 3.38. The molecule has 6 nitrogen and oxygen atoms in total. The minimum absolute atomic E-state index is 0.104. The monoisotopic (exact) mass is 452 g/mol. The molecule has 2 amide bonds. The Morgan fingerprint density at radius 2 is 1.77 bits per heavy atom. The van der Waals surface area contributed by atoms with Crippen LogP contribution < -0.4 is 0 Å². The van der Waals surface area contributed by atoms with E-state index in [0.717, 1.165) is 32.6 Å². The average Bonchev–Trinajstić information content (AvgIpc) is 3.42. The highest BCUT2D eigenvalue weighted by atomic mass is 35.5. The van der Waals surface area contributed by atoms with Crippen LogP contribution in [0.15, 0.2) is 12.1 Å². The topological polar surface area (TPSA) is 59.7 Å². The standard InChI is InChI=1S/C21H23Cl2FN4O2/c22-17-14(24)2-3-15-16(17)18(23)19(25-15)21(30)27-8-4-12(10-27)20(29)28-9-5-13(11-28)26-6-1-7-26/h2-3,12-13,25H,1,4-11H2/t12-,13?/m1/s1. The van der Waals surface area contributed by atoms with Gasteiger partial charge in [-0.05, 0) is 44.5 Å². The number of likely N-dealkylation sites (tertiary alicyclic amines) is 3. The van der Waals surface area contributed by atoms with E-state index < -0.39 is 5.82 Å². The van der Waals surface area contributed by atoms with Gasteiger partial charge in [0, 0.05) is 43.1 Å². The van der Waals surface area contributed by atoms with Crippen molar-refractivity contribution in [2.75, 3.05) is 39.3 Å². The summed E-state index contributed by atoms with van der Waals surface area (Å²) in [6.07, 6.45) is 2.92. The van der Waals surface area contributed by atoms with Gasteiger partial charge in [-0.3, -0.25) is 14.5 Å². The van der Waals surface area contributed by atoms with Gasteiger partial charge < -0.3 is 14.8 Å². The van der Waals surface area contributed by atoms with Crippen molar-refractivity contribution in [3.05, 3.63) is 33.7 Å². The SMILES string of the molecule is O=C(c1[nH]c2ccc(F)c(Cl)c2c1Cl)N1CC[C@@H](C(=O)N2CCC(N3CCC3)C2)C1. The third kappa shape index (κ3) is 3.27. The molecule has 0 bridgehead atoms. The van der Waals surface area contributed by atoms with Gasteiger partial charge >= 0.3 is 0 Å². The lowest BCUT2D eigenvalue weighted by Crippen LogP contribution is -2.47. The molecule has 1 aromatic carbocycles. The Morgan fingerprint density at radius 1 is 1.00 bits per heavy atom. The molecule has 3 aliphatic heterocycles. The van der Waals surface area contributed by atoms with Crippen molar-refractivity contribution in [2.45, 2.75) is 25.3 Å². The van der Waals surface area contributed by atoms with E-state index in [1.165, 1.54) is 18.6 Å². The first-order valence-corrected chi connectivity index (χ1v) is 11.2. The molecule has 0 spiro atoms. The zero-order valence-electron chi connectivity index (χ0n) is 16.5. The van der Waals surface area contributed by atoms with Crippen molar-refractivity contribution < 1.29 is 14.0 Å². The van der Waals surface area contributed by atoms with Crippen molar-refractivity contribution in [3.63, 3.8) is 0 Å². The Balaban J connectivity index is 1.27. The van der Waals surface area contributed by atoms with Crippen LogP contribution in [-0.4, -0.2) is 76.8 Å². The second kappa shape index (κ2) is 7.70. The molecule has 2 atom stereocenters. The molecule has 160 valence electrons. The summed E-state index contributed by atoms with van der Waals surface area (Å²) in [6, 6.07) is 3.23. The number of benzene rings is 1. The van der Waals surface area contributed by atoms with Crippen LogP contribution in [0.1, 0.15) is 29.8 Å². The Hall–Kier alpha value is -1.83. The van der Waals surface area contributed by atoms with Crippen LogP contribution >= 0.6 is 23.2 Å². The second-order valence-corrected chi connectivity index (χ2v) is 9.21. The van der Waals surface area contributed by atoms with Gasteiger partial charge in [-0.15, -0.1) is 0 Å². The summed E-state index contributed by atoms with van der Waals surface area (Å²) >= 11 is 12.4. The highest BCUT2D eigenvalue weighted by molar-refractivity contribution is 6.44. The second-order valence-electron chi connectivity index (χ2n) is 8.45. The molecule has 2 aromatic rings. The molecule has 1 N–H and O–H groups in total. The Morgan fingerprint density at radius 3 is 2.50 bits per heavy atom. The van der Waals surface area contributed by atoms with E-state index in [1.54, 1.807) is 4.90 Å². The number of H-pyrrole nitrogens is 1. The lowest BCUT2D eigenvalue weighted by atomic mass is 10.1. The van der Waals surface area contributed by atoms with Crippen molar-refractivity contribution in [1.82, 2.24) is 19.7 Å². The third-order valence-corrected chi connectivity index (χ3v) is 7.46. The molecule has 0 aliphatic carbocycles. The maximum absolute atomic E-state index is 13.8. The van der Waals surface area contributed by atoms with Crippen LogP contribution in [-0.2, 0) is 4.79 Å². The minimum atomic E-state index is -0.585. The van der Waals surface area contributed by atoms with E-state index in [2.05, 4.69) is 9.88 Å². The van der Waals surface area contributed by atoms with Crippen LogP contribution in [0.5, 0.6) is 0 Å². The summed E-state index contributed by atoms with van der Waals surface area (Å²) in [6.45, 7) is 4.72. The molecule has 4 heterocycles. The van der Waals surface area contributed by atoms with Gasteiger partial charge in [-0.1, -0.05) is 23.2 Å². The van der Waals surface area contributed by atoms with E-state index in [4.69, 9.17) is 23.2 Å². The van der Waals surface area contributed by atoms with E-state index >= 15 is 0 Å². The fourth-order valence-corrected chi connectivity index (χ4v) is 5.47. The normalized spacial score (nSPS) is 24.6. The number of nitrogens with one attached hydrogen (secondary N) is 1. The third-order valence-electron chi connectivity index (χ3n) is 6.71. The summed E-state index contributed by atoms with van der Waals surface area (Å²) in [5.74, 6) is -0.921. The van der Waals surface area contributed by atoms with E-state index in [9.17, 15) is 14.0 Å². The number of halogens is 3. The lowest BCUT2D eigenvalue weighted by Gasteiger charge is -2.36. The molecule has 0 saturated carbocycles. The summed E-state index contributed by atoms with van der Waals surface area (Å²) in [7, 11) is 0. The molecule has 30 heavy (non-hydrogen) atoms. The van der Waals surface area contributed by atoms with Crippen LogP contribution in [0.25, 0.3) is 10.9 Å². The fourth-order valence-electron chi connectivity index (χ4n) is 4.84. The predicted molar refractivity (Wildman–Crippen MR) is 113 cm³/mol. The number of rotatable bonds is 3. The maximum Gasteiger partial charge on any atom is 0.271 e. The van der Waals surface area contributed by atoms with Gasteiger partial charge in [0.05, 0.1) is 16.0 Å². The number of carbonyl (C=O) groups excluding carboxylic acids is 2. The van der Waals surface area contributed by atoms with E-state index in [1.807, 2.05) is 4.90 Å². The smallest absolute Gasteiger partial charge is 0.271 e. The Bertz CT molecular complexity index is 1020. The number of hydrogen-bond donors (Lipinski definition) is 1. The number of carbonyl (C=O) groups is 2. The number of aromatic nitrogens is 1. The van der Waals surface area contributed by atoms with Gasteiger partial charge in [0.1, 0.15) is 11.5 Å². The number of fused-ring (bicyclic) bond motifs is 1. The number of hydrogen-bond acceptors (Lipinski definition) is 3. The van der Waals surface area contributed by atoms with Gasteiger partial charge in [-0.2, -0.15) is 0 Å². The average molecular weight is 453 g/mol. The van der Waals surface area contributed by atoms with E-state index in [0.29, 0.717) is 36.5 Å². The first-order chi connectivity index (χ1) is 14.4. The number of nitrogens with zero attached hydrogens (tertiary/aromatic N) is 3. The highest BCUT2D eigenvalue weighted by Crippen LogP contribution is 2.36. The van der Waals surface area contributed by atoms with Crippen LogP contribution in [0.4, 0.5) is 4.39 Å². The quantitative estimate of drug-likeness (QED) is 0.776. The van der Waals surface area contributed by atoms with Crippen LogP contribution in [0, 0.1) is 11.7 Å². The number of aromatic amines is 1. The molecule has 3 fully saturated rings.